The van der Waals surface area contributed by atoms with Gasteiger partial charge < -0.3 is 14.8 Å². The molecule has 0 aliphatic carbocycles. The molecule has 0 bridgehead atoms. The molecule has 1 N–H and O–H groups in total. The van der Waals surface area contributed by atoms with Crippen molar-refractivity contribution in [3.05, 3.63) is 59.7 Å². The van der Waals surface area contributed by atoms with Gasteiger partial charge in [-0.2, -0.15) is 5.26 Å². The summed E-state index contributed by atoms with van der Waals surface area (Å²) >= 11 is 0. The number of nitrogens with zero attached hydrogens (tertiary/aromatic N) is 1. The van der Waals surface area contributed by atoms with Gasteiger partial charge in [-0.25, -0.2) is 4.79 Å². The Morgan fingerprint density at radius 1 is 1.04 bits per heavy atom. The van der Waals surface area contributed by atoms with Gasteiger partial charge in [-0.05, 0) is 55.5 Å². The Bertz CT molecular complexity index is 867. The fourth-order valence-corrected chi connectivity index (χ4v) is 2.24. The van der Waals surface area contributed by atoms with Crippen LogP contribution in [0.1, 0.15) is 34.1 Å². The average molecular weight is 366 g/mol. The van der Waals surface area contributed by atoms with Gasteiger partial charge >= 0.3 is 5.97 Å². The summed E-state index contributed by atoms with van der Waals surface area (Å²) in [5.74, 6) is -0.796. The number of carbonyl (C=O) groups excluding carboxylic acids is 3. The number of ketones is 1. The Balaban J connectivity index is 1.97. The lowest BCUT2D eigenvalue weighted by atomic mass is 10.1. The van der Waals surface area contributed by atoms with Crippen molar-refractivity contribution >= 4 is 23.3 Å². The van der Waals surface area contributed by atoms with E-state index >= 15 is 0 Å². The Hall–Kier alpha value is -3.66. The predicted octanol–water partition coefficient (Wildman–Crippen LogP) is 2.98. The van der Waals surface area contributed by atoms with Crippen molar-refractivity contribution in [2.24, 2.45) is 0 Å². The summed E-state index contributed by atoms with van der Waals surface area (Å²) in [6.45, 7) is 1.50. The first-order valence-corrected chi connectivity index (χ1v) is 8.10. The first kappa shape index (κ1) is 19.7. The third-order valence-electron chi connectivity index (χ3n) is 3.67. The minimum absolute atomic E-state index is 0.239. The van der Waals surface area contributed by atoms with Gasteiger partial charge in [-0.1, -0.05) is 0 Å². The van der Waals surface area contributed by atoms with Crippen LogP contribution in [-0.2, 0) is 9.53 Å². The number of hydrogen-bond donors (Lipinski definition) is 1. The number of benzene rings is 2. The SMILES string of the molecule is COc1ccc(C(=O)C(C)OC(=O)c2ccc(NC(=O)CC#N)cc2)cc1. The molecule has 0 aliphatic rings. The number of hydrogen-bond acceptors (Lipinski definition) is 6. The van der Waals surface area contributed by atoms with E-state index in [9.17, 15) is 14.4 Å². The molecule has 0 saturated heterocycles. The first-order chi connectivity index (χ1) is 12.9. The highest BCUT2D eigenvalue weighted by atomic mass is 16.5. The van der Waals surface area contributed by atoms with Gasteiger partial charge in [0.2, 0.25) is 11.7 Å². The molecule has 1 amide bonds. The maximum atomic E-state index is 12.4. The lowest BCUT2D eigenvalue weighted by molar-refractivity contribution is -0.115. The van der Waals surface area contributed by atoms with E-state index in [1.165, 1.54) is 38.3 Å². The lowest BCUT2D eigenvalue weighted by Crippen LogP contribution is -2.24. The molecular formula is C20H18N2O5. The molecule has 0 aromatic heterocycles. The van der Waals surface area contributed by atoms with Crippen molar-refractivity contribution in [3.63, 3.8) is 0 Å². The topological polar surface area (TPSA) is 105 Å². The van der Waals surface area contributed by atoms with Gasteiger partial charge in [-0.3, -0.25) is 9.59 Å². The smallest absolute Gasteiger partial charge is 0.338 e. The van der Waals surface area contributed by atoms with Crippen LogP contribution in [-0.4, -0.2) is 30.9 Å². The number of anilines is 1. The number of Topliss-reactive ketones (excluding diaryl/α,β-unsaturated/α-hetero) is 1. The Morgan fingerprint density at radius 3 is 2.19 bits per heavy atom. The van der Waals surface area contributed by atoms with E-state index in [2.05, 4.69) is 5.32 Å². The average Bonchev–Trinajstić information content (AvgIpc) is 2.68. The second kappa shape index (κ2) is 9.15. The second-order valence-corrected chi connectivity index (χ2v) is 5.60. The van der Waals surface area contributed by atoms with Gasteiger partial charge in [-0.15, -0.1) is 0 Å². The fourth-order valence-electron chi connectivity index (χ4n) is 2.24. The lowest BCUT2D eigenvalue weighted by Gasteiger charge is -2.13. The zero-order chi connectivity index (χ0) is 19.8. The van der Waals surface area contributed by atoms with E-state index in [0.29, 0.717) is 17.0 Å². The molecule has 7 heteroatoms. The van der Waals surface area contributed by atoms with E-state index in [4.69, 9.17) is 14.7 Å². The number of ether oxygens (including phenoxy) is 2. The standard InChI is InChI=1S/C20H18N2O5/c1-13(19(24)14-5-9-17(26-2)10-6-14)27-20(25)15-3-7-16(8-4-15)22-18(23)11-12-21/h3-10,13H,11H2,1-2H3,(H,22,23). The number of nitriles is 1. The van der Waals surface area contributed by atoms with Crippen LogP contribution in [0.2, 0.25) is 0 Å². The van der Waals surface area contributed by atoms with Crippen LogP contribution in [0.4, 0.5) is 5.69 Å². The minimum atomic E-state index is -0.957. The quantitative estimate of drug-likeness (QED) is 0.596. The van der Waals surface area contributed by atoms with E-state index < -0.39 is 18.0 Å². The summed E-state index contributed by atoms with van der Waals surface area (Å²) in [6, 6.07) is 14.2. The maximum absolute atomic E-state index is 12.4. The van der Waals surface area contributed by atoms with E-state index in [0.717, 1.165) is 0 Å². The van der Waals surface area contributed by atoms with E-state index in [1.54, 1.807) is 30.3 Å². The normalized spacial score (nSPS) is 11.0. The highest BCUT2D eigenvalue weighted by molar-refractivity contribution is 6.01. The molecule has 0 fully saturated rings. The third kappa shape index (κ3) is 5.41. The van der Waals surface area contributed by atoms with Crippen molar-refractivity contribution < 1.29 is 23.9 Å². The minimum Gasteiger partial charge on any atom is -0.497 e. The number of methoxy groups -OCH3 is 1. The second-order valence-electron chi connectivity index (χ2n) is 5.60. The van der Waals surface area contributed by atoms with Crippen LogP contribution < -0.4 is 10.1 Å². The Kier molecular flexibility index (Phi) is 6.67. The monoisotopic (exact) mass is 366 g/mol. The highest BCUT2D eigenvalue weighted by Gasteiger charge is 2.20. The third-order valence-corrected chi connectivity index (χ3v) is 3.67. The summed E-state index contributed by atoms with van der Waals surface area (Å²) < 4.78 is 10.3. The summed E-state index contributed by atoms with van der Waals surface area (Å²) in [4.78, 5) is 35.9. The molecule has 0 spiro atoms. The van der Waals surface area contributed by atoms with Crippen molar-refractivity contribution in [1.29, 1.82) is 5.26 Å². The van der Waals surface area contributed by atoms with Gasteiger partial charge in [0.1, 0.15) is 12.2 Å². The number of nitrogens with one attached hydrogen (secondary N) is 1. The molecule has 0 aliphatic heterocycles. The largest absolute Gasteiger partial charge is 0.497 e. The highest BCUT2D eigenvalue weighted by Crippen LogP contribution is 2.16. The predicted molar refractivity (Wildman–Crippen MR) is 97.5 cm³/mol. The number of rotatable bonds is 7. The molecule has 1 atom stereocenters. The molecule has 2 aromatic rings. The maximum Gasteiger partial charge on any atom is 0.338 e. The molecule has 138 valence electrons. The van der Waals surface area contributed by atoms with Crippen molar-refractivity contribution in [1.82, 2.24) is 0 Å². The molecule has 0 saturated carbocycles. The Morgan fingerprint density at radius 2 is 1.63 bits per heavy atom. The first-order valence-electron chi connectivity index (χ1n) is 8.10. The van der Waals surface area contributed by atoms with Crippen LogP contribution >= 0.6 is 0 Å². The van der Waals surface area contributed by atoms with Gasteiger partial charge in [0.25, 0.3) is 0 Å². The van der Waals surface area contributed by atoms with E-state index in [1.807, 2.05) is 0 Å². The molecule has 27 heavy (non-hydrogen) atoms. The molecule has 2 aromatic carbocycles. The van der Waals surface area contributed by atoms with Crippen LogP contribution in [0.15, 0.2) is 48.5 Å². The van der Waals surface area contributed by atoms with Crippen molar-refractivity contribution in [2.45, 2.75) is 19.4 Å². The van der Waals surface area contributed by atoms with Gasteiger partial charge in [0.05, 0.1) is 18.7 Å². The number of esters is 1. The van der Waals surface area contributed by atoms with Crippen molar-refractivity contribution in [3.8, 4) is 11.8 Å². The molecule has 1 unspecified atom stereocenters. The summed E-state index contributed by atoms with van der Waals surface area (Å²) in [5.41, 5.74) is 1.10. The van der Waals surface area contributed by atoms with Crippen molar-refractivity contribution in [2.75, 3.05) is 12.4 Å². The molecule has 0 heterocycles. The van der Waals surface area contributed by atoms with Crippen LogP contribution in [0.25, 0.3) is 0 Å². The van der Waals surface area contributed by atoms with Crippen LogP contribution in [0, 0.1) is 11.3 Å². The van der Waals surface area contributed by atoms with Gasteiger partial charge in [0, 0.05) is 11.3 Å². The summed E-state index contributed by atoms with van der Waals surface area (Å²) in [7, 11) is 1.53. The number of carbonyl (C=O) groups is 3. The van der Waals surface area contributed by atoms with E-state index in [-0.39, 0.29) is 17.8 Å². The number of amides is 1. The van der Waals surface area contributed by atoms with Gasteiger partial charge in [0.15, 0.2) is 6.10 Å². The zero-order valence-corrected chi connectivity index (χ0v) is 14.9. The molecule has 0 radical (unpaired) electrons. The van der Waals surface area contributed by atoms with Crippen LogP contribution in [0.5, 0.6) is 5.75 Å². The molecular weight excluding hydrogens is 348 g/mol. The summed E-state index contributed by atoms with van der Waals surface area (Å²) in [6.07, 6.45) is -1.21. The zero-order valence-electron chi connectivity index (χ0n) is 14.9. The molecule has 7 nitrogen and oxygen atoms in total. The molecule has 2 rings (SSSR count). The fraction of sp³-hybridized carbons (Fsp3) is 0.200. The summed E-state index contributed by atoms with van der Waals surface area (Å²) in [5, 5.41) is 11.0. The Labute approximate surface area is 156 Å². The van der Waals surface area contributed by atoms with Crippen LogP contribution in [0.3, 0.4) is 0 Å².